The Hall–Kier alpha value is -2.77. The summed E-state index contributed by atoms with van der Waals surface area (Å²) in [5.74, 6) is -1.12. The molecule has 0 aromatic heterocycles. The van der Waals surface area contributed by atoms with E-state index in [0.717, 1.165) is 0 Å². The zero-order valence-corrected chi connectivity index (χ0v) is 15.9. The van der Waals surface area contributed by atoms with Crippen molar-refractivity contribution >= 4 is 23.8 Å². The van der Waals surface area contributed by atoms with Gasteiger partial charge in [-0.05, 0) is 65.3 Å². The molecule has 8 nitrogen and oxygen atoms in total. The van der Waals surface area contributed by atoms with Gasteiger partial charge in [-0.3, -0.25) is 5.32 Å². The Bertz CT molecular complexity index is 686. The molecule has 2 amide bonds. The summed E-state index contributed by atoms with van der Waals surface area (Å²) in [6, 6.07) is 4.16. The summed E-state index contributed by atoms with van der Waals surface area (Å²) >= 11 is 0. The van der Waals surface area contributed by atoms with Crippen LogP contribution in [-0.4, -0.2) is 34.5 Å². The Morgan fingerprint density at radius 2 is 1.50 bits per heavy atom. The topological polar surface area (TPSA) is 114 Å². The van der Waals surface area contributed by atoms with E-state index in [9.17, 15) is 14.4 Å². The normalized spacial score (nSPS) is 11.5. The van der Waals surface area contributed by atoms with Crippen LogP contribution < -0.4 is 10.6 Å². The van der Waals surface area contributed by atoms with Crippen LogP contribution in [0, 0.1) is 0 Å². The SMILES string of the molecule is CC(C)(C)OC(=O)NCc1cc(C(=O)O)ccc1NC(=O)OC(C)(C)C. The zero-order valence-electron chi connectivity index (χ0n) is 15.9. The molecule has 0 bridgehead atoms. The molecule has 0 spiro atoms. The quantitative estimate of drug-likeness (QED) is 0.747. The van der Waals surface area contributed by atoms with Crippen molar-refractivity contribution in [2.24, 2.45) is 0 Å². The van der Waals surface area contributed by atoms with Crippen LogP contribution in [0.1, 0.15) is 57.5 Å². The van der Waals surface area contributed by atoms with Gasteiger partial charge in [-0.1, -0.05) is 0 Å². The number of amides is 2. The number of carboxylic acids is 1. The van der Waals surface area contributed by atoms with Gasteiger partial charge < -0.3 is 19.9 Å². The van der Waals surface area contributed by atoms with E-state index in [1.807, 2.05) is 0 Å². The molecule has 1 rings (SSSR count). The van der Waals surface area contributed by atoms with Crippen LogP contribution >= 0.6 is 0 Å². The first-order chi connectivity index (χ1) is 11.8. The molecule has 0 radical (unpaired) electrons. The third kappa shape index (κ3) is 7.87. The van der Waals surface area contributed by atoms with Gasteiger partial charge in [0.2, 0.25) is 0 Å². The number of ether oxygens (including phenoxy) is 2. The molecule has 1 aromatic rings. The van der Waals surface area contributed by atoms with Crippen molar-refractivity contribution in [3.05, 3.63) is 29.3 Å². The third-order valence-corrected chi connectivity index (χ3v) is 2.81. The highest BCUT2D eigenvalue weighted by atomic mass is 16.6. The molecule has 144 valence electrons. The van der Waals surface area contributed by atoms with Crippen LogP contribution in [0.4, 0.5) is 15.3 Å². The molecule has 0 aliphatic carbocycles. The number of benzene rings is 1. The number of hydrogen-bond acceptors (Lipinski definition) is 5. The zero-order chi connectivity index (χ0) is 20.1. The second-order valence-electron chi connectivity index (χ2n) is 7.66. The fraction of sp³-hybridized carbons (Fsp3) is 0.500. The first-order valence-electron chi connectivity index (χ1n) is 8.10. The third-order valence-electron chi connectivity index (χ3n) is 2.81. The largest absolute Gasteiger partial charge is 0.478 e. The molecule has 0 unspecified atom stereocenters. The summed E-state index contributed by atoms with van der Waals surface area (Å²) in [7, 11) is 0. The Kier molecular flexibility index (Phi) is 6.60. The van der Waals surface area contributed by atoms with Crippen LogP contribution in [0.2, 0.25) is 0 Å². The molecule has 26 heavy (non-hydrogen) atoms. The molecule has 0 saturated heterocycles. The number of carbonyl (C=O) groups excluding carboxylic acids is 2. The van der Waals surface area contributed by atoms with E-state index in [1.165, 1.54) is 18.2 Å². The lowest BCUT2D eigenvalue weighted by molar-refractivity contribution is 0.0523. The molecule has 0 saturated carbocycles. The Balaban J connectivity index is 2.95. The summed E-state index contributed by atoms with van der Waals surface area (Å²) in [5.41, 5.74) is -0.576. The number of anilines is 1. The van der Waals surface area contributed by atoms with Gasteiger partial charge in [0.05, 0.1) is 5.56 Å². The van der Waals surface area contributed by atoms with Gasteiger partial charge in [0.25, 0.3) is 0 Å². The summed E-state index contributed by atoms with van der Waals surface area (Å²) in [6.07, 6.45) is -1.33. The predicted molar refractivity (Wildman–Crippen MR) is 96.3 cm³/mol. The molecule has 8 heteroatoms. The molecule has 0 fully saturated rings. The molecule has 0 aliphatic heterocycles. The maximum atomic E-state index is 12.0. The molecule has 1 aromatic carbocycles. The molecule has 0 aliphatic rings. The number of carbonyl (C=O) groups is 3. The lowest BCUT2D eigenvalue weighted by atomic mass is 10.1. The molecule has 0 atom stereocenters. The summed E-state index contributed by atoms with van der Waals surface area (Å²) < 4.78 is 10.3. The monoisotopic (exact) mass is 366 g/mol. The average molecular weight is 366 g/mol. The molecular weight excluding hydrogens is 340 g/mol. The van der Waals surface area contributed by atoms with Crippen LogP contribution in [-0.2, 0) is 16.0 Å². The van der Waals surface area contributed by atoms with E-state index >= 15 is 0 Å². The lowest BCUT2D eigenvalue weighted by Crippen LogP contribution is -2.32. The van der Waals surface area contributed by atoms with E-state index in [-0.39, 0.29) is 12.1 Å². The first kappa shape index (κ1) is 21.3. The summed E-state index contributed by atoms with van der Waals surface area (Å²) in [5, 5.41) is 14.2. The van der Waals surface area contributed by atoms with E-state index in [0.29, 0.717) is 11.3 Å². The number of hydrogen-bond donors (Lipinski definition) is 3. The second-order valence-corrected chi connectivity index (χ2v) is 7.66. The average Bonchev–Trinajstić information content (AvgIpc) is 2.41. The van der Waals surface area contributed by atoms with Crippen LogP contribution in [0.5, 0.6) is 0 Å². The van der Waals surface area contributed by atoms with Crippen LogP contribution in [0.25, 0.3) is 0 Å². The minimum absolute atomic E-state index is 0.0266. The highest BCUT2D eigenvalue weighted by molar-refractivity contribution is 5.91. The number of aromatic carboxylic acids is 1. The van der Waals surface area contributed by atoms with Crippen molar-refractivity contribution < 1.29 is 29.0 Å². The van der Waals surface area contributed by atoms with E-state index in [4.69, 9.17) is 14.6 Å². The highest BCUT2D eigenvalue weighted by Gasteiger charge is 2.19. The van der Waals surface area contributed by atoms with Gasteiger partial charge >= 0.3 is 18.2 Å². The Morgan fingerprint density at radius 1 is 0.962 bits per heavy atom. The van der Waals surface area contributed by atoms with Crippen molar-refractivity contribution in [2.45, 2.75) is 59.3 Å². The fourth-order valence-electron chi connectivity index (χ4n) is 1.89. The van der Waals surface area contributed by atoms with E-state index in [2.05, 4.69) is 10.6 Å². The van der Waals surface area contributed by atoms with Gasteiger partial charge in [0, 0.05) is 12.2 Å². The van der Waals surface area contributed by atoms with Crippen molar-refractivity contribution in [1.29, 1.82) is 0 Å². The molecule has 0 heterocycles. The summed E-state index contributed by atoms with van der Waals surface area (Å²) in [6.45, 7) is 10.3. The van der Waals surface area contributed by atoms with Gasteiger partial charge in [-0.25, -0.2) is 14.4 Å². The van der Waals surface area contributed by atoms with Crippen molar-refractivity contribution in [2.75, 3.05) is 5.32 Å². The van der Waals surface area contributed by atoms with Gasteiger partial charge in [-0.15, -0.1) is 0 Å². The number of rotatable bonds is 4. The van der Waals surface area contributed by atoms with Crippen LogP contribution in [0.3, 0.4) is 0 Å². The predicted octanol–water partition coefficient (Wildman–Crippen LogP) is 3.76. The fourth-order valence-corrected chi connectivity index (χ4v) is 1.89. The molecule has 3 N–H and O–H groups in total. The van der Waals surface area contributed by atoms with E-state index < -0.39 is 29.4 Å². The van der Waals surface area contributed by atoms with Gasteiger partial charge in [-0.2, -0.15) is 0 Å². The van der Waals surface area contributed by atoms with Gasteiger partial charge in [0.15, 0.2) is 0 Å². The van der Waals surface area contributed by atoms with Gasteiger partial charge in [0.1, 0.15) is 11.2 Å². The highest BCUT2D eigenvalue weighted by Crippen LogP contribution is 2.20. The number of nitrogens with one attached hydrogen (secondary N) is 2. The maximum absolute atomic E-state index is 12.0. The Morgan fingerprint density at radius 3 is 2.00 bits per heavy atom. The van der Waals surface area contributed by atoms with E-state index in [1.54, 1.807) is 41.5 Å². The summed E-state index contributed by atoms with van der Waals surface area (Å²) in [4.78, 5) is 34.9. The number of carboxylic acid groups (broad SMARTS) is 1. The van der Waals surface area contributed by atoms with Crippen molar-refractivity contribution in [1.82, 2.24) is 5.32 Å². The van der Waals surface area contributed by atoms with Crippen LogP contribution in [0.15, 0.2) is 18.2 Å². The second kappa shape index (κ2) is 8.07. The molecular formula is C18H26N2O6. The Labute approximate surface area is 152 Å². The minimum Gasteiger partial charge on any atom is -0.478 e. The lowest BCUT2D eigenvalue weighted by Gasteiger charge is -2.21. The standard InChI is InChI=1S/C18H26N2O6/c1-17(2,3)25-15(23)19-10-12-9-11(14(21)22)7-8-13(12)20-16(24)26-18(4,5)6/h7-9H,10H2,1-6H3,(H,19,23)(H,20,24)(H,21,22). The smallest absolute Gasteiger partial charge is 0.412 e. The number of alkyl carbamates (subject to hydrolysis) is 1. The van der Waals surface area contributed by atoms with Crippen molar-refractivity contribution in [3.63, 3.8) is 0 Å². The van der Waals surface area contributed by atoms with Crippen molar-refractivity contribution in [3.8, 4) is 0 Å². The first-order valence-corrected chi connectivity index (χ1v) is 8.10. The minimum atomic E-state index is -1.12. The maximum Gasteiger partial charge on any atom is 0.412 e.